The minimum absolute atomic E-state index is 0. The third kappa shape index (κ3) is 6.96. The fourth-order valence-corrected chi connectivity index (χ4v) is 9.53. The van der Waals surface area contributed by atoms with Crippen molar-refractivity contribution in [1.82, 2.24) is 14.1 Å². The van der Waals surface area contributed by atoms with Crippen molar-refractivity contribution >= 4 is 60.7 Å². The molecule has 0 amide bonds. The zero-order valence-electron chi connectivity index (χ0n) is 36.9. The number of para-hydroxylation sites is 3. The molecule has 8 aromatic carbocycles. The van der Waals surface area contributed by atoms with Gasteiger partial charge in [-0.15, -0.1) is 47.1 Å². The number of nitrogens with zero attached hydrogens (tertiary/aromatic N) is 5. The summed E-state index contributed by atoms with van der Waals surface area (Å²) in [7, 11) is 2.10. The average molecular weight is 1030 g/mol. The van der Waals surface area contributed by atoms with Crippen LogP contribution >= 0.6 is 0 Å². The number of ether oxygens (including phenoxy) is 1. The molecule has 3 aromatic heterocycles. The predicted octanol–water partition coefficient (Wildman–Crippen LogP) is 15.0. The molecule has 0 unspecified atom stereocenters. The molecule has 0 fully saturated rings. The first-order chi connectivity index (χ1) is 31.8. The molecule has 0 aliphatic carbocycles. The number of anilines is 3. The molecule has 0 N–H and O–H groups in total. The van der Waals surface area contributed by atoms with Crippen LogP contribution in [0.1, 0.15) is 26.3 Å². The van der Waals surface area contributed by atoms with Crippen LogP contribution in [0.25, 0.3) is 77.4 Å². The number of aromatic nitrogens is 3. The molecule has 0 bridgehead atoms. The van der Waals surface area contributed by atoms with Crippen molar-refractivity contribution in [3.05, 3.63) is 213 Å². The molecule has 0 spiro atoms. The van der Waals surface area contributed by atoms with Crippen LogP contribution in [0.5, 0.6) is 11.5 Å². The molecular formula is C59H44N5OPt-3. The van der Waals surface area contributed by atoms with E-state index in [2.05, 4.69) is 248 Å². The fourth-order valence-electron chi connectivity index (χ4n) is 9.53. The molecule has 0 saturated heterocycles. The summed E-state index contributed by atoms with van der Waals surface area (Å²) in [6.45, 7) is 8.84. The van der Waals surface area contributed by atoms with E-state index in [0.29, 0.717) is 11.5 Å². The second-order valence-corrected chi connectivity index (χ2v) is 17.9. The van der Waals surface area contributed by atoms with Crippen molar-refractivity contribution < 1.29 is 25.8 Å². The summed E-state index contributed by atoms with van der Waals surface area (Å²) in [6, 6.07) is 71.6. The Bertz CT molecular complexity index is 3610. The molecule has 1 aliphatic heterocycles. The van der Waals surface area contributed by atoms with Gasteiger partial charge in [0.15, 0.2) is 0 Å². The van der Waals surface area contributed by atoms with Crippen LogP contribution in [0, 0.1) is 18.8 Å². The van der Waals surface area contributed by atoms with E-state index >= 15 is 0 Å². The second-order valence-electron chi connectivity index (χ2n) is 17.9. The molecule has 4 heterocycles. The molecule has 1 aliphatic rings. The molecule has 0 saturated carbocycles. The summed E-state index contributed by atoms with van der Waals surface area (Å²) in [6.07, 6.45) is 2.02. The molecular weight excluding hydrogens is 990 g/mol. The van der Waals surface area contributed by atoms with Crippen LogP contribution in [0.2, 0.25) is 0 Å². The van der Waals surface area contributed by atoms with Gasteiger partial charge in [0.25, 0.3) is 0 Å². The molecule has 6 nitrogen and oxygen atoms in total. The van der Waals surface area contributed by atoms with Gasteiger partial charge in [-0.1, -0.05) is 153 Å². The Kier molecular flexibility index (Phi) is 10.2. The predicted molar refractivity (Wildman–Crippen MR) is 268 cm³/mol. The summed E-state index contributed by atoms with van der Waals surface area (Å²) >= 11 is 0. The second kappa shape index (κ2) is 16.2. The zero-order chi connectivity index (χ0) is 43.8. The van der Waals surface area contributed by atoms with Crippen LogP contribution in [-0.2, 0) is 26.5 Å². The van der Waals surface area contributed by atoms with Crippen molar-refractivity contribution in [1.29, 1.82) is 0 Å². The van der Waals surface area contributed by atoms with Crippen LogP contribution in [-0.4, -0.2) is 21.2 Å². The van der Waals surface area contributed by atoms with Gasteiger partial charge in [0, 0.05) is 78.2 Å². The molecule has 7 heteroatoms. The Morgan fingerprint density at radius 2 is 1.18 bits per heavy atom. The van der Waals surface area contributed by atoms with Gasteiger partial charge in [0.1, 0.15) is 5.82 Å². The minimum Gasteiger partial charge on any atom is -0.509 e. The third-order valence-corrected chi connectivity index (χ3v) is 12.7. The van der Waals surface area contributed by atoms with E-state index in [9.17, 15) is 0 Å². The first-order valence-corrected chi connectivity index (χ1v) is 22.1. The molecule has 0 radical (unpaired) electrons. The summed E-state index contributed by atoms with van der Waals surface area (Å²) in [4.78, 5) is 9.62. The van der Waals surface area contributed by atoms with Crippen molar-refractivity contribution in [2.45, 2.75) is 26.2 Å². The largest absolute Gasteiger partial charge is 0.509 e. The van der Waals surface area contributed by atoms with Gasteiger partial charge >= 0.3 is 0 Å². The van der Waals surface area contributed by atoms with Gasteiger partial charge in [0.2, 0.25) is 0 Å². The normalized spacial score (nSPS) is 12.6. The fraction of sp³-hybridized carbons (Fsp3) is 0.0847. The molecule has 66 heavy (non-hydrogen) atoms. The summed E-state index contributed by atoms with van der Waals surface area (Å²) in [5.41, 5.74) is 13.8. The van der Waals surface area contributed by atoms with Crippen LogP contribution in [0.3, 0.4) is 0 Å². The molecule has 12 rings (SSSR count). The maximum Gasteiger partial charge on any atom is 0.137 e. The first-order valence-electron chi connectivity index (χ1n) is 22.1. The van der Waals surface area contributed by atoms with Crippen molar-refractivity contribution in [3.8, 4) is 45.3 Å². The number of hydrogen-bond acceptors (Lipinski definition) is 4. The molecule has 11 aromatic rings. The summed E-state index contributed by atoms with van der Waals surface area (Å²) in [5, 5.41) is 4.45. The Labute approximate surface area is 399 Å². The standard InChI is InChI=1S/C59H44N5O.Pt/c1-59(2,3)42-31-44(62-38-61(4)55-30-41(28-29-53(55)62)39-18-8-5-9-19-39)33-45(32-42)65-46-34-49(40-20-10-6-11-21-40)58-48-25-15-17-27-52(48)64(56(58)35-46)57-36-54-50(37-60-57)47-24-14-16-26-51(47)63(54)43-22-12-7-13-23-43;/h5-32,34,36-38H,1-4H3;/q-3;. The van der Waals surface area contributed by atoms with E-state index in [0.717, 1.165) is 88.9 Å². The number of rotatable bonds is 7. The van der Waals surface area contributed by atoms with Gasteiger partial charge in [0.05, 0.1) is 11.0 Å². The molecule has 0 atom stereocenters. The number of pyridine rings is 1. The average Bonchev–Trinajstić information content (AvgIpc) is 3.98. The maximum atomic E-state index is 7.05. The number of benzene rings is 8. The van der Waals surface area contributed by atoms with E-state index in [-0.39, 0.29) is 26.5 Å². The number of hydrogen-bond donors (Lipinski definition) is 0. The van der Waals surface area contributed by atoms with Crippen molar-refractivity contribution in [2.24, 2.45) is 0 Å². The monoisotopic (exact) mass is 1030 g/mol. The van der Waals surface area contributed by atoms with Crippen LogP contribution in [0.4, 0.5) is 17.1 Å². The van der Waals surface area contributed by atoms with Gasteiger partial charge in [-0.25, -0.2) is 4.98 Å². The van der Waals surface area contributed by atoms with E-state index in [1.54, 1.807) is 0 Å². The topological polar surface area (TPSA) is 38.5 Å². The van der Waals surface area contributed by atoms with Crippen molar-refractivity contribution in [2.75, 3.05) is 16.8 Å². The van der Waals surface area contributed by atoms with E-state index in [1.807, 2.05) is 6.20 Å². The third-order valence-electron chi connectivity index (χ3n) is 12.7. The maximum absolute atomic E-state index is 7.05. The Morgan fingerprint density at radius 3 is 1.91 bits per heavy atom. The minimum atomic E-state index is -0.171. The van der Waals surface area contributed by atoms with Gasteiger partial charge in [-0.05, 0) is 70.9 Å². The zero-order valence-corrected chi connectivity index (χ0v) is 39.2. The summed E-state index contributed by atoms with van der Waals surface area (Å²) in [5.74, 6) is 1.99. The first kappa shape index (κ1) is 41.3. The van der Waals surface area contributed by atoms with Crippen molar-refractivity contribution in [3.63, 3.8) is 0 Å². The van der Waals surface area contributed by atoms with E-state index < -0.39 is 0 Å². The van der Waals surface area contributed by atoms with Gasteiger partial charge in [-0.3, -0.25) is 0 Å². The Morgan fingerprint density at radius 1 is 0.545 bits per heavy atom. The van der Waals surface area contributed by atoms with Crippen LogP contribution < -0.4 is 14.5 Å². The Hall–Kier alpha value is -7.40. The number of fused-ring (bicyclic) bond motifs is 7. The van der Waals surface area contributed by atoms with E-state index in [1.165, 1.54) is 11.1 Å². The quantitative estimate of drug-likeness (QED) is 0.149. The van der Waals surface area contributed by atoms with E-state index in [4.69, 9.17) is 9.72 Å². The smallest absolute Gasteiger partial charge is 0.137 e. The SMILES string of the molecule is CN1[CH-]N(c2[c-]c(Oc3[c-]c4c(c(-c5ccccc5)c3)c3ccccc3n4-c3cc4c(cn3)c3ccccc3n4-c3ccccc3)cc(C(C)(C)C)c2)c2ccc(-c3ccccc3)cc21.[Pt]. The molecule has 324 valence electrons. The van der Waals surface area contributed by atoms with Gasteiger partial charge < -0.3 is 23.7 Å². The van der Waals surface area contributed by atoms with Gasteiger partial charge in [-0.2, -0.15) is 6.67 Å². The Balaban J connectivity index is 0.00000481. The summed E-state index contributed by atoms with van der Waals surface area (Å²) < 4.78 is 11.6. The van der Waals surface area contributed by atoms with Crippen LogP contribution in [0.15, 0.2) is 188 Å².